The second-order valence-corrected chi connectivity index (χ2v) is 5.92. The highest BCUT2D eigenvalue weighted by molar-refractivity contribution is 5.53. The van der Waals surface area contributed by atoms with Crippen LogP contribution < -0.4 is 9.47 Å². The van der Waals surface area contributed by atoms with Gasteiger partial charge in [0.2, 0.25) is 0 Å². The number of para-hydroxylation sites is 1. The summed E-state index contributed by atoms with van der Waals surface area (Å²) in [4.78, 5) is 8.39. The van der Waals surface area contributed by atoms with Crippen molar-refractivity contribution in [2.45, 2.75) is 13.0 Å². The van der Waals surface area contributed by atoms with Crippen LogP contribution in [0, 0.1) is 0 Å². The van der Waals surface area contributed by atoms with Crippen molar-refractivity contribution in [2.24, 2.45) is 0 Å². The third-order valence-corrected chi connectivity index (χ3v) is 4.00. The Bertz CT molecular complexity index is 920. The molecule has 0 saturated heterocycles. The Kier molecular flexibility index (Phi) is 4.78. The van der Waals surface area contributed by atoms with E-state index in [1.165, 1.54) is 0 Å². The molecule has 2 aliphatic rings. The lowest BCUT2D eigenvalue weighted by Gasteiger charge is -2.10. The number of hydrogen-bond donors (Lipinski definition) is 0. The maximum Gasteiger partial charge on any atom is 0.127 e. The zero-order valence-electron chi connectivity index (χ0n) is 14.3. The molecular formula is C21H19N3O2. The van der Waals surface area contributed by atoms with Crippen molar-refractivity contribution in [3.05, 3.63) is 79.4 Å². The fourth-order valence-electron chi connectivity index (χ4n) is 2.68. The van der Waals surface area contributed by atoms with E-state index in [4.69, 9.17) is 9.47 Å². The van der Waals surface area contributed by atoms with Crippen molar-refractivity contribution in [3.8, 4) is 28.6 Å². The number of ether oxygens (including phenoxy) is 2. The SMILES string of the molecule is c1ccc(Oc2ccc(OCCCn3ccc4ncnc-4c3)cc2)cc1. The molecule has 0 amide bonds. The van der Waals surface area contributed by atoms with Crippen LogP contribution in [0.25, 0.3) is 11.4 Å². The molecule has 0 aliphatic carbocycles. The number of pyridine rings is 1. The Morgan fingerprint density at radius 1 is 0.769 bits per heavy atom. The maximum absolute atomic E-state index is 5.81. The fourth-order valence-corrected chi connectivity index (χ4v) is 2.68. The molecule has 2 aromatic rings. The molecule has 0 unspecified atom stereocenters. The summed E-state index contributed by atoms with van der Waals surface area (Å²) < 4.78 is 13.7. The number of nitrogens with zero attached hydrogens (tertiary/aromatic N) is 3. The first-order valence-corrected chi connectivity index (χ1v) is 8.59. The highest BCUT2D eigenvalue weighted by atomic mass is 16.5. The first kappa shape index (κ1) is 16.1. The van der Waals surface area contributed by atoms with E-state index in [2.05, 4.69) is 14.5 Å². The summed E-state index contributed by atoms with van der Waals surface area (Å²) in [5.41, 5.74) is 1.85. The van der Waals surface area contributed by atoms with E-state index in [0.717, 1.165) is 41.6 Å². The van der Waals surface area contributed by atoms with Gasteiger partial charge < -0.3 is 14.0 Å². The van der Waals surface area contributed by atoms with E-state index in [0.29, 0.717) is 6.61 Å². The minimum Gasteiger partial charge on any atom is -0.494 e. The van der Waals surface area contributed by atoms with Crippen molar-refractivity contribution in [3.63, 3.8) is 0 Å². The van der Waals surface area contributed by atoms with Gasteiger partial charge in [-0.15, -0.1) is 0 Å². The van der Waals surface area contributed by atoms with Gasteiger partial charge in [0, 0.05) is 18.9 Å². The number of imidazole rings is 1. The quantitative estimate of drug-likeness (QED) is 0.458. The van der Waals surface area contributed by atoms with Crippen molar-refractivity contribution < 1.29 is 9.47 Å². The zero-order chi connectivity index (χ0) is 17.6. The molecule has 2 aromatic carbocycles. The average molecular weight is 345 g/mol. The number of fused-ring (bicyclic) bond motifs is 1. The van der Waals surface area contributed by atoms with Gasteiger partial charge in [-0.3, -0.25) is 0 Å². The molecule has 5 heteroatoms. The molecule has 0 spiro atoms. The largest absolute Gasteiger partial charge is 0.494 e. The predicted octanol–water partition coefficient (Wildman–Crippen LogP) is 4.64. The standard InChI is InChI=1S/C21H19N3O2/c1-2-5-18(6-3-1)26-19-9-7-17(8-10-19)25-14-4-12-24-13-11-20-21(15-24)23-16-22-20/h1-3,5-11,13,15-16H,4,12,14H2. The van der Waals surface area contributed by atoms with Crippen LogP contribution in [-0.2, 0) is 6.54 Å². The summed E-state index contributed by atoms with van der Waals surface area (Å²) in [7, 11) is 0. The van der Waals surface area contributed by atoms with E-state index in [1.54, 1.807) is 6.33 Å². The van der Waals surface area contributed by atoms with Crippen molar-refractivity contribution in [2.75, 3.05) is 6.61 Å². The van der Waals surface area contributed by atoms with Gasteiger partial charge in [0.15, 0.2) is 0 Å². The van der Waals surface area contributed by atoms with Crippen LogP contribution in [0.2, 0.25) is 0 Å². The van der Waals surface area contributed by atoms with Gasteiger partial charge in [-0.2, -0.15) is 0 Å². The summed E-state index contributed by atoms with van der Waals surface area (Å²) >= 11 is 0. The van der Waals surface area contributed by atoms with Gasteiger partial charge in [0.25, 0.3) is 0 Å². The average Bonchev–Trinajstić information content (AvgIpc) is 3.15. The number of aryl methyl sites for hydroxylation is 1. The Morgan fingerprint density at radius 3 is 2.35 bits per heavy atom. The molecule has 130 valence electrons. The minimum absolute atomic E-state index is 0.649. The Morgan fingerprint density at radius 2 is 1.50 bits per heavy atom. The number of rotatable bonds is 7. The van der Waals surface area contributed by atoms with E-state index in [-0.39, 0.29) is 0 Å². The van der Waals surface area contributed by atoms with Crippen LogP contribution in [0.15, 0.2) is 79.4 Å². The number of aromatic nitrogens is 3. The zero-order valence-corrected chi connectivity index (χ0v) is 14.3. The summed E-state index contributed by atoms with van der Waals surface area (Å²) in [5.74, 6) is 2.46. The molecule has 0 aromatic heterocycles. The molecule has 0 bridgehead atoms. The summed E-state index contributed by atoms with van der Waals surface area (Å²) in [6, 6.07) is 19.4. The Labute approximate surface area is 152 Å². The minimum atomic E-state index is 0.649. The molecule has 2 aliphatic heterocycles. The van der Waals surface area contributed by atoms with E-state index in [9.17, 15) is 0 Å². The van der Waals surface area contributed by atoms with Crippen molar-refractivity contribution in [1.82, 2.24) is 14.5 Å². The normalized spacial score (nSPS) is 10.8. The first-order valence-electron chi connectivity index (χ1n) is 8.59. The highest BCUT2D eigenvalue weighted by Crippen LogP contribution is 2.23. The Hall–Kier alpha value is -3.34. The lowest BCUT2D eigenvalue weighted by atomic mass is 10.3. The smallest absolute Gasteiger partial charge is 0.127 e. The second kappa shape index (κ2) is 7.70. The summed E-state index contributed by atoms with van der Waals surface area (Å²) in [5, 5.41) is 0. The van der Waals surface area contributed by atoms with Gasteiger partial charge in [0.05, 0.1) is 12.3 Å². The molecule has 0 radical (unpaired) electrons. The maximum atomic E-state index is 5.81. The van der Waals surface area contributed by atoms with Crippen LogP contribution in [0.5, 0.6) is 17.2 Å². The van der Waals surface area contributed by atoms with Crippen LogP contribution in [0.1, 0.15) is 6.42 Å². The van der Waals surface area contributed by atoms with Gasteiger partial charge >= 0.3 is 0 Å². The third kappa shape index (κ3) is 4.00. The van der Waals surface area contributed by atoms with Crippen LogP contribution in [0.3, 0.4) is 0 Å². The van der Waals surface area contributed by atoms with Gasteiger partial charge in [-0.05, 0) is 48.9 Å². The molecular weight excluding hydrogens is 326 g/mol. The first-order chi connectivity index (χ1) is 12.9. The monoisotopic (exact) mass is 345 g/mol. The van der Waals surface area contributed by atoms with E-state index >= 15 is 0 Å². The number of hydrogen-bond acceptors (Lipinski definition) is 4. The topological polar surface area (TPSA) is 49.2 Å². The molecule has 0 fully saturated rings. The summed E-state index contributed by atoms with van der Waals surface area (Å²) in [6.45, 7) is 1.52. The van der Waals surface area contributed by atoms with E-state index < -0.39 is 0 Å². The predicted molar refractivity (Wildman–Crippen MR) is 99.7 cm³/mol. The van der Waals surface area contributed by atoms with Crippen LogP contribution >= 0.6 is 0 Å². The molecule has 2 heterocycles. The van der Waals surface area contributed by atoms with Gasteiger partial charge in [0.1, 0.15) is 29.3 Å². The van der Waals surface area contributed by atoms with Crippen molar-refractivity contribution >= 4 is 0 Å². The molecule has 4 rings (SSSR count). The molecule has 26 heavy (non-hydrogen) atoms. The lowest BCUT2D eigenvalue weighted by Crippen LogP contribution is -2.05. The molecule has 0 N–H and O–H groups in total. The van der Waals surface area contributed by atoms with E-state index in [1.807, 2.05) is 73.1 Å². The Balaban J connectivity index is 1.25. The number of benzene rings is 2. The van der Waals surface area contributed by atoms with Gasteiger partial charge in [-0.25, -0.2) is 9.97 Å². The second-order valence-electron chi connectivity index (χ2n) is 5.92. The van der Waals surface area contributed by atoms with Crippen molar-refractivity contribution in [1.29, 1.82) is 0 Å². The highest BCUT2D eigenvalue weighted by Gasteiger charge is 2.04. The fraction of sp³-hybridized carbons (Fsp3) is 0.143. The van der Waals surface area contributed by atoms with Crippen LogP contribution in [0.4, 0.5) is 0 Å². The lowest BCUT2D eigenvalue weighted by molar-refractivity contribution is 0.301. The third-order valence-electron chi connectivity index (χ3n) is 4.00. The molecule has 0 saturated carbocycles. The molecule has 0 atom stereocenters. The molecule has 5 nitrogen and oxygen atoms in total. The van der Waals surface area contributed by atoms with Crippen LogP contribution in [-0.4, -0.2) is 21.1 Å². The summed E-state index contributed by atoms with van der Waals surface area (Å²) in [6.07, 6.45) is 6.53. The van der Waals surface area contributed by atoms with Gasteiger partial charge in [-0.1, -0.05) is 18.2 Å².